The lowest BCUT2D eigenvalue weighted by atomic mass is 9.85. The first kappa shape index (κ1) is 12.9. The summed E-state index contributed by atoms with van der Waals surface area (Å²) in [5, 5.41) is 0. The molecule has 0 radical (unpaired) electrons. The van der Waals surface area contributed by atoms with Crippen molar-refractivity contribution in [2.75, 3.05) is 0 Å². The van der Waals surface area contributed by atoms with Gasteiger partial charge in [0.25, 0.3) is 0 Å². The Labute approximate surface area is 137 Å². The molecule has 0 fully saturated rings. The molecular formula is C23H18. The van der Waals surface area contributed by atoms with E-state index in [0.29, 0.717) is 11.8 Å². The van der Waals surface area contributed by atoms with E-state index < -0.39 is 0 Å². The first-order chi connectivity index (χ1) is 11.4. The number of hydrogen-bond acceptors (Lipinski definition) is 0. The van der Waals surface area contributed by atoms with Gasteiger partial charge in [0.1, 0.15) is 0 Å². The van der Waals surface area contributed by atoms with Crippen molar-refractivity contribution in [3.63, 3.8) is 0 Å². The highest BCUT2D eigenvalue weighted by Crippen LogP contribution is 2.49. The van der Waals surface area contributed by atoms with Gasteiger partial charge in [0.05, 0.1) is 0 Å². The van der Waals surface area contributed by atoms with E-state index in [9.17, 15) is 0 Å². The van der Waals surface area contributed by atoms with Crippen LogP contribution >= 0.6 is 0 Å². The van der Waals surface area contributed by atoms with Gasteiger partial charge in [-0.15, -0.1) is 0 Å². The van der Waals surface area contributed by atoms with Gasteiger partial charge in [0, 0.05) is 11.8 Å². The van der Waals surface area contributed by atoms with Crippen LogP contribution in [0, 0.1) is 0 Å². The van der Waals surface area contributed by atoms with E-state index >= 15 is 0 Å². The zero-order chi connectivity index (χ0) is 15.2. The van der Waals surface area contributed by atoms with Crippen LogP contribution in [-0.2, 0) is 0 Å². The molecule has 0 aromatic heterocycles. The molecular weight excluding hydrogens is 276 g/mol. The molecule has 1 atom stereocenters. The van der Waals surface area contributed by atoms with Gasteiger partial charge < -0.3 is 0 Å². The molecule has 3 aromatic carbocycles. The molecule has 2 aliphatic carbocycles. The fraction of sp³-hybridized carbons (Fsp3) is 0.130. The van der Waals surface area contributed by atoms with E-state index in [4.69, 9.17) is 0 Å². The molecule has 2 aliphatic rings. The predicted molar refractivity (Wildman–Crippen MR) is 96.6 cm³/mol. The summed E-state index contributed by atoms with van der Waals surface area (Å²) in [6, 6.07) is 26.6. The molecule has 0 heteroatoms. The Morgan fingerprint density at radius 2 is 1.17 bits per heavy atom. The number of rotatable bonds is 2. The molecule has 0 bridgehead atoms. The van der Waals surface area contributed by atoms with Gasteiger partial charge in [-0.1, -0.05) is 84.9 Å². The van der Waals surface area contributed by atoms with E-state index in [1.807, 2.05) is 0 Å². The molecule has 0 amide bonds. The molecule has 3 aromatic rings. The normalized spacial score (nSPS) is 17.8. The average Bonchev–Trinajstić information content (AvgIpc) is 3.16. The Balaban J connectivity index is 1.58. The maximum atomic E-state index is 2.38. The third-order valence-electron chi connectivity index (χ3n) is 5.36. The Morgan fingerprint density at radius 3 is 1.87 bits per heavy atom. The molecule has 0 saturated carbocycles. The van der Waals surface area contributed by atoms with Crippen LogP contribution < -0.4 is 0 Å². The summed E-state index contributed by atoms with van der Waals surface area (Å²) >= 11 is 0. The van der Waals surface area contributed by atoms with Crippen LogP contribution in [0.2, 0.25) is 0 Å². The minimum Gasteiger partial charge on any atom is -0.0763 e. The molecule has 0 N–H and O–H groups in total. The summed E-state index contributed by atoms with van der Waals surface area (Å²) in [7, 11) is 0. The van der Waals surface area contributed by atoms with E-state index in [2.05, 4.69) is 84.9 Å². The van der Waals surface area contributed by atoms with Gasteiger partial charge in [-0.2, -0.15) is 0 Å². The zero-order valence-electron chi connectivity index (χ0n) is 12.9. The van der Waals surface area contributed by atoms with Crippen molar-refractivity contribution in [2.45, 2.75) is 18.3 Å². The third-order valence-corrected chi connectivity index (χ3v) is 5.36. The van der Waals surface area contributed by atoms with Crippen molar-refractivity contribution in [2.24, 2.45) is 0 Å². The van der Waals surface area contributed by atoms with Gasteiger partial charge >= 0.3 is 0 Å². The summed E-state index contributed by atoms with van der Waals surface area (Å²) in [5.74, 6) is 1.03. The average molecular weight is 294 g/mol. The summed E-state index contributed by atoms with van der Waals surface area (Å²) in [4.78, 5) is 0. The molecule has 0 aliphatic heterocycles. The van der Waals surface area contributed by atoms with Gasteiger partial charge in [-0.3, -0.25) is 0 Å². The van der Waals surface area contributed by atoms with Crippen molar-refractivity contribution in [1.29, 1.82) is 0 Å². The lowest BCUT2D eigenvalue weighted by Crippen LogP contribution is -2.03. The highest BCUT2D eigenvalue weighted by molar-refractivity contribution is 5.79. The molecule has 0 saturated heterocycles. The second-order valence-electron chi connectivity index (χ2n) is 6.56. The Kier molecular flexibility index (Phi) is 2.78. The zero-order valence-corrected chi connectivity index (χ0v) is 12.9. The topological polar surface area (TPSA) is 0 Å². The van der Waals surface area contributed by atoms with Gasteiger partial charge in [0.15, 0.2) is 0 Å². The van der Waals surface area contributed by atoms with Crippen LogP contribution in [0.15, 0.2) is 78.9 Å². The smallest absolute Gasteiger partial charge is 0.0110 e. The second kappa shape index (κ2) is 4.96. The number of benzene rings is 3. The van der Waals surface area contributed by atoms with Crippen molar-refractivity contribution in [1.82, 2.24) is 0 Å². The summed E-state index contributed by atoms with van der Waals surface area (Å²) < 4.78 is 0. The Morgan fingerprint density at radius 1 is 0.609 bits per heavy atom. The van der Waals surface area contributed by atoms with Crippen molar-refractivity contribution in [3.05, 3.63) is 101 Å². The molecule has 0 spiro atoms. The highest BCUT2D eigenvalue weighted by Gasteiger charge is 2.31. The van der Waals surface area contributed by atoms with E-state index in [1.165, 1.54) is 33.4 Å². The van der Waals surface area contributed by atoms with Crippen molar-refractivity contribution < 1.29 is 0 Å². The molecule has 0 heterocycles. The van der Waals surface area contributed by atoms with E-state index in [0.717, 1.165) is 6.42 Å². The minimum atomic E-state index is 0.503. The largest absolute Gasteiger partial charge is 0.0763 e. The Hall–Kier alpha value is -2.60. The Bertz CT molecular complexity index is 871. The summed E-state index contributed by atoms with van der Waals surface area (Å²) in [5.41, 5.74) is 8.69. The summed E-state index contributed by atoms with van der Waals surface area (Å²) in [6.45, 7) is 0. The quantitative estimate of drug-likeness (QED) is 0.544. The summed E-state index contributed by atoms with van der Waals surface area (Å²) in [6.07, 6.45) is 5.82. The van der Waals surface area contributed by atoms with Gasteiger partial charge in [0.2, 0.25) is 0 Å². The van der Waals surface area contributed by atoms with Crippen molar-refractivity contribution in [3.8, 4) is 11.1 Å². The van der Waals surface area contributed by atoms with Crippen LogP contribution in [0.25, 0.3) is 17.2 Å². The molecule has 0 nitrogen and oxygen atoms in total. The lowest BCUT2D eigenvalue weighted by Gasteiger charge is -2.18. The predicted octanol–water partition coefficient (Wildman–Crippen LogP) is 6.00. The van der Waals surface area contributed by atoms with Crippen LogP contribution in [0.3, 0.4) is 0 Å². The fourth-order valence-electron chi connectivity index (χ4n) is 4.30. The van der Waals surface area contributed by atoms with E-state index in [1.54, 1.807) is 0 Å². The molecule has 23 heavy (non-hydrogen) atoms. The number of hydrogen-bond donors (Lipinski definition) is 0. The minimum absolute atomic E-state index is 0.503. The van der Waals surface area contributed by atoms with Gasteiger partial charge in [-0.05, 0) is 39.8 Å². The highest BCUT2D eigenvalue weighted by atomic mass is 14.3. The van der Waals surface area contributed by atoms with Crippen LogP contribution in [-0.4, -0.2) is 0 Å². The monoisotopic (exact) mass is 294 g/mol. The second-order valence-corrected chi connectivity index (χ2v) is 6.56. The molecule has 1 unspecified atom stereocenters. The first-order valence-electron chi connectivity index (χ1n) is 8.37. The van der Waals surface area contributed by atoms with Crippen molar-refractivity contribution >= 4 is 6.08 Å². The number of fused-ring (bicyclic) bond motifs is 4. The van der Waals surface area contributed by atoms with Crippen LogP contribution in [0.1, 0.15) is 40.5 Å². The lowest BCUT2D eigenvalue weighted by molar-refractivity contribution is 0.674. The SMILES string of the molecule is C1=CC(CC2c3ccccc3-c3ccccc32)c2ccccc21. The van der Waals surface area contributed by atoms with E-state index in [-0.39, 0.29) is 0 Å². The molecule has 110 valence electrons. The van der Waals surface area contributed by atoms with Gasteiger partial charge in [-0.25, -0.2) is 0 Å². The fourth-order valence-corrected chi connectivity index (χ4v) is 4.30. The third kappa shape index (κ3) is 1.91. The maximum absolute atomic E-state index is 2.38. The maximum Gasteiger partial charge on any atom is 0.0110 e. The number of allylic oxidation sites excluding steroid dienone is 1. The standard InChI is InChI=1S/C23H18/c1-2-8-18-16(7-1)13-14-17(18)15-23-21-11-5-3-9-19(21)20-10-4-6-12-22(20)23/h1-14,17,23H,15H2. The van der Waals surface area contributed by atoms with Crippen LogP contribution in [0.4, 0.5) is 0 Å². The molecule has 5 rings (SSSR count). The first-order valence-corrected chi connectivity index (χ1v) is 8.37. The van der Waals surface area contributed by atoms with Crippen LogP contribution in [0.5, 0.6) is 0 Å².